The summed E-state index contributed by atoms with van der Waals surface area (Å²) in [5.41, 5.74) is 21.8. The maximum absolute atomic E-state index is 2.53. The molecule has 0 saturated heterocycles. The maximum Gasteiger partial charge on any atom is 0.0714 e. The second-order valence-corrected chi connectivity index (χ2v) is 16.9. The molecule has 2 aliphatic carbocycles. The highest BCUT2D eigenvalue weighted by Crippen LogP contribution is 2.58. The first kappa shape index (κ1) is 35.9. The molecule has 1 heteroatoms. The van der Waals surface area contributed by atoms with Crippen molar-refractivity contribution >= 4 is 17.1 Å². The molecule has 9 aromatic carbocycles. The number of nitrogens with zero attached hydrogens (tertiary/aromatic N) is 1. The molecule has 0 saturated carbocycles. The Morgan fingerprint density at radius 3 is 1.45 bits per heavy atom. The summed E-state index contributed by atoms with van der Waals surface area (Å²) in [5.74, 6) is 0. The van der Waals surface area contributed by atoms with Crippen LogP contribution in [0.1, 0.15) is 52.8 Å². The highest BCUT2D eigenvalue weighted by molar-refractivity contribution is 5.95. The van der Waals surface area contributed by atoms with Crippen LogP contribution < -0.4 is 4.90 Å². The third-order valence-electron chi connectivity index (χ3n) is 13.3. The molecule has 286 valence electrons. The van der Waals surface area contributed by atoms with Crippen LogP contribution in [-0.4, -0.2) is 0 Å². The Kier molecular flexibility index (Phi) is 8.36. The molecular formula is C59H45N. The third-order valence-corrected chi connectivity index (χ3v) is 13.3. The lowest BCUT2D eigenvalue weighted by molar-refractivity contribution is 0.660. The molecule has 0 unspecified atom stereocenters. The van der Waals surface area contributed by atoms with Gasteiger partial charge in [-0.25, -0.2) is 0 Å². The summed E-state index contributed by atoms with van der Waals surface area (Å²) < 4.78 is 0. The molecular weight excluding hydrogens is 723 g/mol. The molecule has 0 spiro atoms. The van der Waals surface area contributed by atoms with Crippen LogP contribution in [0.15, 0.2) is 218 Å². The smallest absolute Gasteiger partial charge is 0.0714 e. The van der Waals surface area contributed by atoms with E-state index in [1.807, 2.05) is 0 Å². The third kappa shape index (κ3) is 5.39. The van der Waals surface area contributed by atoms with Crippen molar-refractivity contribution in [3.63, 3.8) is 0 Å². The normalized spacial score (nSPS) is 13.8. The number of hydrogen-bond donors (Lipinski definition) is 0. The minimum absolute atomic E-state index is 0.154. The van der Waals surface area contributed by atoms with Gasteiger partial charge in [0.05, 0.1) is 11.1 Å². The van der Waals surface area contributed by atoms with Gasteiger partial charge in [-0.15, -0.1) is 0 Å². The molecule has 0 N–H and O–H groups in total. The van der Waals surface area contributed by atoms with Crippen molar-refractivity contribution in [2.24, 2.45) is 0 Å². The summed E-state index contributed by atoms with van der Waals surface area (Å²) >= 11 is 0. The Bertz CT molecular complexity index is 3030. The van der Waals surface area contributed by atoms with E-state index in [9.17, 15) is 0 Å². The van der Waals surface area contributed by atoms with E-state index in [0.29, 0.717) is 0 Å². The van der Waals surface area contributed by atoms with E-state index in [1.54, 1.807) is 0 Å². The average Bonchev–Trinajstić information content (AvgIpc) is 3.73. The van der Waals surface area contributed by atoms with Crippen molar-refractivity contribution < 1.29 is 0 Å². The predicted molar refractivity (Wildman–Crippen MR) is 252 cm³/mol. The van der Waals surface area contributed by atoms with Gasteiger partial charge in [0, 0.05) is 22.4 Å². The maximum atomic E-state index is 2.53. The zero-order valence-electron chi connectivity index (χ0n) is 34.2. The summed E-state index contributed by atoms with van der Waals surface area (Å²) in [5, 5.41) is 0. The Hall–Kier alpha value is -7.22. The van der Waals surface area contributed by atoms with Crippen LogP contribution >= 0.6 is 0 Å². The Morgan fingerprint density at radius 1 is 0.333 bits per heavy atom. The van der Waals surface area contributed by atoms with Gasteiger partial charge in [-0.2, -0.15) is 0 Å². The molecule has 2 aliphatic rings. The van der Waals surface area contributed by atoms with Gasteiger partial charge in [-0.1, -0.05) is 196 Å². The first-order valence-electron chi connectivity index (χ1n) is 21.1. The van der Waals surface area contributed by atoms with Crippen LogP contribution in [0.25, 0.3) is 44.5 Å². The number of benzene rings is 9. The van der Waals surface area contributed by atoms with Crippen molar-refractivity contribution in [1.29, 1.82) is 0 Å². The van der Waals surface area contributed by atoms with E-state index in [1.165, 1.54) is 83.5 Å². The zero-order chi connectivity index (χ0) is 40.4. The first-order chi connectivity index (χ1) is 29.4. The van der Waals surface area contributed by atoms with Crippen LogP contribution in [0.3, 0.4) is 0 Å². The SMILES string of the molecule is Cc1ccccc1-c1cc(-c2ccccc2)ccc1N(c1ccc2c(c1)C(C)(C)c1ccccc1-2)c1ccc2c(c1)C(c1ccccc1)(c1ccccc1)c1ccccc1-2. The first-order valence-corrected chi connectivity index (χ1v) is 21.1. The van der Waals surface area contributed by atoms with Crippen LogP contribution in [0, 0.1) is 6.92 Å². The molecule has 0 aliphatic heterocycles. The lowest BCUT2D eigenvalue weighted by atomic mass is 9.67. The van der Waals surface area contributed by atoms with Crippen LogP contribution in [0.4, 0.5) is 17.1 Å². The number of anilines is 3. The Balaban J connectivity index is 1.21. The molecule has 0 bridgehead atoms. The summed E-state index contributed by atoms with van der Waals surface area (Å²) in [4.78, 5) is 2.53. The summed E-state index contributed by atoms with van der Waals surface area (Å²) in [6.07, 6.45) is 0. The second kappa shape index (κ2) is 14.0. The van der Waals surface area contributed by atoms with Gasteiger partial charge in [0.25, 0.3) is 0 Å². The largest absolute Gasteiger partial charge is 0.310 e. The minimum Gasteiger partial charge on any atom is -0.310 e. The molecule has 0 atom stereocenters. The van der Waals surface area contributed by atoms with E-state index in [-0.39, 0.29) is 5.41 Å². The zero-order valence-corrected chi connectivity index (χ0v) is 34.2. The van der Waals surface area contributed by atoms with Gasteiger partial charge in [0.2, 0.25) is 0 Å². The number of aryl methyl sites for hydroxylation is 1. The Morgan fingerprint density at radius 2 is 0.817 bits per heavy atom. The molecule has 0 aromatic heterocycles. The Labute approximate surface area is 353 Å². The summed E-state index contributed by atoms with van der Waals surface area (Å²) in [6, 6.07) is 81.2. The van der Waals surface area contributed by atoms with Crippen molar-refractivity contribution in [2.75, 3.05) is 4.90 Å². The van der Waals surface area contributed by atoms with E-state index >= 15 is 0 Å². The highest BCUT2D eigenvalue weighted by atomic mass is 15.1. The number of hydrogen-bond acceptors (Lipinski definition) is 1. The van der Waals surface area contributed by atoms with Gasteiger partial charge in [0.15, 0.2) is 0 Å². The van der Waals surface area contributed by atoms with Gasteiger partial charge in [-0.3, -0.25) is 0 Å². The topological polar surface area (TPSA) is 3.24 Å². The van der Waals surface area contributed by atoms with Crippen molar-refractivity contribution in [1.82, 2.24) is 0 Å². The molecule has 60 heavy (non-hydrogen) atoms. The van der Waals surface area contributed by atoms with E-state index in [2.05, 4.69) is 244 Å². The highest BCUT2D eigenvalue weighted by Gasteiger charge is 2.46. The molecule has 0 radical (unpaired) electrons. The van der Waals surface area contributed by atoms with Gasteiger partial charge >= 0.3 is 0 Å². The molecule has 9 aromatic rings. The summed E-state index contributed by atoms with van der Waals surface area (Å²) in [6.45, 7) is 6.98. The predicted octanol–water partition coefficient (Wildman–Crippen LogP) is 15.5. The van der Waals surface area contributed by atoms with Crippen LogP contribution in [0.2, 0.25) is 0 Å². The van der Waals surface area contributed by atoms with E-state index in [0.717, 1.165) is 17.1 Å². The van der Waals surface area contributed by atoms with Gasteiger partial charge < -0.3 is 4.90 Å². The summed E-state index contributed by atoms with van der Waals surface area (Å²) in [7, 11) is 0. The van der Waals surface area contributed by atoms with Crippen molar-refractivity contribution in [3.8, 4) is 44.5 Å². The fourth-order valence-corrected chi connectivity index (χ4v) is 10.5. The molecule has 0 heterocycles. The fourth-order valence-electron chi connectivity index (χ4n) is 10.5. The standard InChI is InChI=1S/C59H45N/c1-40-19-13-14-26-47(40)52-37-42(41-20-7-4-8-21-41)31-36-57(52)60(45-32-34-50-48-27-15-17-29-53(48)58(2,3)55(50)38-45)46-33-35-51-49-28-16-18-30-54(49)59(56(51)39-46,43-22-9-5-10-23-43)44-24-11-6-12-25-44/h4-39H,1-3H3. The van der Waals surface area contributed by atoms with Gasteiger partial charge in [-0.05, 0) is 121 Å². The second-order valence-electron chi connectivity index (χ2n) is 16.9. The van der Waals surface area contributed by atoms with E-state index in [4.69, 9.17) is 0 Å². The quantitative estimate of drug-likeness (QED) is 0.156. The number of fused-ring (bicyclic) bond motifs is 6. The molecule has 1 nitrogen and oxygen atoms in total. The van der Waals surface area contributed by atoms with Crippen LogP contribution in [-0.2, 0) is 10.8 Å². The lowest BCUT2D eigenvalue weighted by Gasteiger charge is -2.35. The molecule has 11 rings (SSSR count). The molecule has 0 amide bonds. The molecule has 0 fully saturated rings. The van der Waals surface area contributed by atoms with Crippen LogP contribution in [0.5, 0.6) is 0 Å². The average molecular weight is 768 g/mol. The van der Waals surface area contributed by atoms with Crippen molar-refractivity contribution in [3.05, 3.63) is 257 Å². The fraction of sp³-hybridized carbons (Fsp3) is 0.0847. The van der Waals surface area contributed by atoms with E-state index < -0.39 is 5.41 Å². The minimum atomic E-state index is -0.520. The monoisotopic (exact) mass is 767 g/mol. The lowest BCUT2D eigenvalue weighted by Crippen LogP contribution is -2.28. The van der Waals surface area contributed by atoms with Gasteiger partial charge in [0.1, 0.15) is 0 Å². The number of rotatable bonds is 7. The van der Waals surface area contributed by atoms with Crippen molar-refractivity contribution in [2.45, 2.75) is 31.6 Å².